The Morgan fingerprint density at radius 1 is 0.944 bits per heavy atom. The average Bonchev–Trinajstić information content (AvgIpc) is 2.33. The third-order valence-electron chi connectivity index (χ3n) is 4.52. The Morgan fingerprint density at radius 3 is 2.11 bits per heavy atom. The van der Waals surface area contributed by atoms with Crippen molar-refractivity contribution in [2.75, 3.05) is 0 Å². The van der Waals surface area contributed by atoms with Crippen LogP contribution in [-0.2, 0) is 24.0 Å². The van der Waals surface area contributed by atoms with Crippen molar-refractivity contribution in [1.29, 1.82) is 0 Å². The molecule has 0 spiro atoms. The summed E-state index contributed by atoms with van der Waals surface area (Å²) in [5, 5.41) is 19.1. The summed E-state index contributed by atoms with van der Waals surface area (Å²) in [5.41, 5.74) is 4.62. The maximum absolute atomic E-state index is 9.70. The fraction of sp³-hybridized carbons (Fsp3) is 0.625. The highest BCUT2D eigenvalue weighted by Crippen LogP contribution is 2.47. The smallest absolute Gasteiger partial charge is 0.0688 e. The summed E-state index contributed by atoms with van der Waals surface area (Å²) in [6.07, 6.45) is 2.28. The molecule has 1 aromatic rings. The first-order valence-corrected chi connectivity index (χ1v) is 6.71. The van der Waals surface area contributed by atoms with E-state index in [-0.39, 0.29) is 24.0 Å². The molecule has 2 nitrogen and oxygen atoms in total. The Kier molecular flexibility index (Phi) is 3.28. The maximum atomic E-state index is 9.70. The molecule has 2 heteroatoms. The molecule has 0 atom stereocenters. The van der Waals surface area contributed by atoms with Crippen molar-refractivity contribution in [1.82, 2.24) is 0 Å². The van der Waals surface area contributed by atoms with Gasteiger partial charge in [0, 0.05) is 0 Å². The van der Waals surface area contributed by atoms with Gasteiger partial charge in [-0.3, -0.25) is 0 Å². The maximum Gasteiger partial charge on any atom is 0.0688 e. The van der Waals surface area contributed by atoms with Gasteiger partial charge in [0.05, 0.1) is 13.2 Å². The predicted octanol–water partition coefficient (Wildman–Crippen LogP) is 3.02. The molecule has 0 heterocycles. The highest BCUT2D eigenvalue weighted by molar-refractivity contribution is 5.49. The third kappa shape index (κ3) is 1.98. The lowest BCUT2D eigenvalue weighted by atomic mass is 9.61. The molecule has 1 aliphatic rings. The van der Waals surface area contributed by atoms with E-state index < -0.39 is 0 Å². The number of hydrogen-bond acceptors (Lipinski definition) is 2. The Bertz CT molecular complexity index is 458. The summed E-state index contributed by atoms with van der Waals surface area (Å²) in [6.45, 7) is 9.02. The van der Waals surface area contributed by atoms with Crippen LogP contribution in [0.15, 0.2) is 12.1 Å². The van der Waals surface area contributed by atoms with Crippen LogP contribution in [0.5, 0.6) is 0 Å². The molecular weight excluding hydrogens is 224 g/mol. The molecule has 18 heavy (non-hydrogen) atoms. The number of fused-ring (bicyclic) bond motifs is 1. The molecule has 0 unspecified atom stereocenters. The van der Waals surface area contributed by atoms with Crippen LogP contribution >= 0.6 is 0 Å². The zero-order chi connectivity index (χ0) is 13.6. The van der Waals surface area contributed by atoms with Crippen LogP contribution in [0.2, 0.25) is 0 Å². The van der Waals surface area contributed by atoms with Crippen molar-refractivity contribution < 1.29 is 10.2 Å². The number of rotatable bonds is 2. The molecular formula is C16H24O2. The van der Waals surface area contributed by atoms with E-state index in [0.29, 0.717) is 0 Å². The molecule has 0 saturated carbocycles. The van der Waals surface area contributed by atoms with Crippen molar-refractivity contribution in [2.45, 2.75) is 64.6 Å². The Labute approximate surface area is 110 Å². The number of benzene rings is 1. The summed E-state index contributed by atoms with van der Waals surface area (Å²) < 4.78 is 0. The lowest BCUT2D eigenvalue weighted by Crippen LogP contribution is -2.35. The minimum atomic E-state index is -0.000316. The Morgan fingerprint density at radius 2 is 1.56 bits per heavy atom. The second-order valence-corrected chi connectivity index (χ2v) is 6.71. The van der Waals surface area contributed by atoms with E-state index in [9.17, 15) is 10.2 Å². The lowest BCUT2D eigenvalue weighted by Gasteiger charge is -2.43. The van der Waals surface area contributed by atoms with Gasteiger partial charge in [-0.1, -0.05) is 39.8 Å². The van der Waals surface area contributed by atoms with E-state index in [4.69, 9.17) is 0 Å². The molecule has 0 aliphatic heterocycles. The van der Waals surface area contributed by atoms with Crippen molar-refractivity contribution in [2.24, 2.45) is 0 Å². The summed E-state index contributed by atoms with van der Waals surface area (Å²) >= 11 is 0. The van der Waals surface area contributed by atoms with Gasteiger partial charge >= 0.3 is 0 Å². The first kappa shape index (κ1) is 13.6. The molecule has 1 aliphatic carbocycles. The summed E-state index contributed by atoms with van der Waals surface area (Å²) in [7, 11) is 0. The van der Waals surface area contributed by atoms with Gasteiger partial charge in [-0.25, -0.2) is 0 Å². The van der Waals surface area contributed by atoms with Crippen molar-refractivity contribution in [3.63, 3.8) is 0 Å². The van der Waals surface area contributed by atoms with Gasteiger partial charge in [0.15, 0.2) is 0 Å². The van der Waals surface area contributed by atoms with E-state index in [1.54, 1.807) is 0 Å². The molecule has 1 aromatic carbocycles. The van der Waals surface area contributed by atoms with Gasteiger partial charge in [-0.15, -0.1) is 0 Å². The Balaban J connectivity index is 2.75. The van der Waals surface area contributed by atoms with Crippen LogP contribution in [0.1, 0.15) is 62.8 Å². The lowest BCUT2D eigenvalue weighted by molar-refractivity contribution is 0.251. The normalized spacial score (nSPS) is 20.6. The Hall–Kier alpha value is -0.860. The summed E-state index contributed by atoms with van der Waals surface area (Å²) in [5.74, 6) is 0. The quantitative estimate of drug-likeness (QED) is 0.844. The van der Waals surface area contributed by atoms with E-state index in [1.807, 2.05) is 6.07 Å². The van der Waals surface area contributed by atoms with Crippen molar-refractivity contribution in [3.05, 3.63) is 34.4 Å². The van der Waals surface area contributed by atoms with E-state index >= 15 is 0 Å². The molecule has 2 N–H and O–H groups in total. The predicted molar refractivity (Wildman–Crippen MR) is 73.6 cm³/mol. The van der Waals surface area contributed by atoms with Gasteiger partial charge in [-0.2, -0.15) is 0 Å². The fourth-order valence-corrected chi connectivity index (χ4v) is 3.24. The van der Waals surface area contributed by atoms with Crippen LogP contribution in [-0.4, -0.2) is 10.2 Å². The molecule has 0 aromatic heterocycles. The van der Waals surface area contributed by atoms with Crippen molar-refractivity contribution in [3.8, 4) is 0 Å². The first-order valence-electron chi connectivity index (χ1n) is 6.71. The summed E-state index contributed by atoms with van der Waals surface area (Å²) in [4.78, 5) is 0. The van der Waals surface area contributed by atoms with Gasteiger partial charge in [-0.05, 0) is 45.9 Å². The van der Waals surface area contributed by atoms with E-state index in [1.165, 1.54) is 11.1 Å². The second kappa shape index (κ2) is 4.36. The molecule has 0 fully saturated rings. The van der Waals surface area contributed by atoms with E-state index in [0.717, 1.165) is 24.0 Å². The van der Waals surface area contributed by atoms with Gasteiger partial charge in [0.25, 0.3) is 0 Å². The zero-order valence-corrected chi connectivity index (χ0v) is 11.9. The molecule has 0 bridgehead atoms. The van der Waals surface area contributed by atoms with Gasteiger partial charge in [0.2, 0.25) is 0 Å². The molecule has 0 amide bonds. The van der Waals surface area contributed by atoms with Crippen molar-refractivity contribution >= 4 is 0 Å². The van der Waals surface area contributed by atoms with Crippen LogP contribution in [0.3, 0.4) is 0 Å². The molecule has 100 valence electrons. The highest BCUT2D eigenvalue weighted by Gasteiger charge is 2.38. The first-order chi connectivity index (χ1) is 8.33. The topological polar surface area (TPSA) is 40.5 Å². The average molecular weight is 248 g/mol. The number of aliphatic hydroxyl groups excluding tert-OH is 2. The molecule has 0 saturated heterocycles. The monoisotopic (exact) mass is 248 g/mol. The zero-order valence-electron chi connectivity index (χ0n) is 11.9. The molecule has 2 rings (SSSR count). The summed E-state index contributed by atoms with van der Waals surface area (Å²) in [6, 6.07) is 4.11. The van der Waals surface area contributed by atoms with E-state index in [2.05, 4.69) is 33.8 Å². The van der Waals surface area contributed by atoms with Crippen LogP contribution in [0.25, 0.3) is 0 Å². The van der Waals surface area contributed by atoms with Crippen LogP contribution in [0, 0.1) is 0 Å². The van der Waals surface area contributed by atoms with Crippen LogP contribution in [0.4, 0.5) is 0 Å². The largest absolute Gasteiger partial charge is 0.392 e. The second-order valence-electron chi connectivity index (χ2n) is 6.71. The fourth-order valence-electron chi connectivity index (χ4n) is 3.24. The molecule has 0 radical (unpaired) electrons. The third-order valence-corrected chi connectivity index (χ3v) is 4.52. The minimum Gasteiger partial charge on any atom is -0.392 e. The van der Waals surface area contributed by atoms with Crippen LogP contribution < -0.4 is 0 Å². The standard InChI is InChI=1S/C16H24O2/c1-15(2)7-8-16(3,4)14-12(10-18)11(9-17)5-6-13(14)15/h5-6,17-18H,7-10H2,1-4H3. The highest BCUT2D eigenvalue weighted by atomic mass is 16.3. The minimum absolute atomic E-state index is 0.000316. The number of hydrogen-bond donors (Lipinski definition) is 2. The SMILES string of the molecule is CC1(C)CCC(C)(C)c2c1ccc(CO)c2CO. The van der Waals surface area contributed by atoms with Gasteiger partial charge in [0.1, 0.15) is 0 Å². The number of aliphatic hydroxyl groups is 2. The van der Waals surface area contributed by atoms with Gasteiger partial charge < -0.3 is 10.2 Å².